The summed E-state index contributed by atoms with van der Waals surface area (Å²) in [5.74, 6) is 0. The Hall–Kier alpha value is -0.420. The molecule has 4 atom stereocenters. The third-order valence-corrected chi connectivity index (χ3v) is 3.58. The van der Waals surface area contributed by atoms with E-state index >= 15 is 0 Å². The lowest BCUT2D eigenvalue weighted by atomic mass is 10.1. The lowest BCUT2D eigenvalue weighted by Crippen LogP contribution is -2.37. The fraction of sp³-hybridized carbons (Fsp3) is 1.00. The molecule has 2 aliphatic rings. The van der Waals surface area contributed by atoms with E-state index in [1.54, 1.807) is 0 Å². The largest absolute Gasteiger partial charge is 0.523 e. The van der Waals surface area contributed by atoms with E-state index in [2.05, 4.69) is 4.18 Å². The van der Waals surface area contributed by atoms with Crippen molar-refractivity contribution in [2.24, 2.45) is 0 Å². The summed E-state index contributed by atoms with van der Waals surface area (Å²) >= 11 is 0. The van der Waals surface area contributed by atoms with Crippen LogP contribution in [-0.2, 0) is 23.8 Å². The number of alkyl halides is 3. The van der Waals surface area contributed by atoms with Crippen molar-refractivity contribution in [3.05, 3.63) is 0 Å². The van der Waals surface area contributed by atoms with Gasteiger partial charge in [0.05, 0.1) is 13.2 Å². The summed E-state index contributed by atoms with van der Waals surface area (Å²) in [6, 6.07) is 0. The summed E-state index contributed by atoms with van der Waals surface area (Å²) in [4.78, 5) is 0. The van der Waals surface area contributed by atoms with Crippen LogP contribution in [0.5, 0.6) is 0 Å². The maximum absolute atomic E-state index is 12.1. The molecule has 100 valence electrons. The van der Waals surface area contributed by atoms with Crippen molar-refractivity contribution >= 4 is 10.1 Å². The van der Waals surface area contributed by atoms with Gasteiger partial charge in [-0.05, 0) is 0 Å². The van der Waals surface area contributed by atoms with E-state index in [0.717, 1.165) is 0 Å². The Bertz CT molecular complexity index is 393. The third-order valence-electron chi connectivity index (χ3n) is 2.52. The van der Waals surface area contributed by atoms with Crippen molar-refractivity contribution in [2.75, 3.05) is 13.2 Å². The molecule has 2 fully saturated rings. The van der Waals surface area contributed by atoms with E-state index in [9.17, 15) is 26.7 Å². The molecule has 10 heteroatoms. The van der Waals surface area contributed by atoms with Gasteiger partial charge >= 0.3 is 15.6 Å². The van der Waals surface area contributed by atoms with E-state index in [0.29, 0.717) is 0 Å². The number of aliphatic hydroxyl groups is 1. The standard InChI is InChI=1S/C7H9F3O6S/c8-7(9,10)17(12,13)16-4-2-15-5-3(11)1-14-6(4)5/h3-6,11H,1-2H2/t3-,4-,5-,6+/m1/s1. The summed E-state index contributed by atoms with van der Waals surface area (Å²) in [5.41, 5.74) is -5.48. The maximum Gasteiger partial charge on any atom is 0.523 e. The number of hydrogen-bond donors (Lipinski definition) is 1. The molecule has 2 aliphatic heterocycles. The van der Waals surface area contributed by atoms with E-state index in [4.69, 9.17) is 9.47 Å². The van der Waals surface area contributed by atoms with Gasteiger partial charge in [0.25, 0.3) is 0 Å². The molecule has 2 rings (SSSR count). The minimum absolute atomic E-state index is 0.124. The molecule has 0 spiro atoms. The van der Waals surface area contributed by atoms with E-state index in [1.165, 1.54) is 0 Å². The SMILES string of the molecule is O=S(=O)(O[C@@H]1CO[C@H]2[C@H]1OC[C@H]2O)C(F)(F)F. The van der Waals surface area contributed by atoms with Crippen LogP contribution in [0.2, 0.25) is 0 Å². The van der Waals surface area contributed by atoms with Gasteiger partial charge in [-0.3, -0.25) is 4.18 Å². The van der Waals surface area contributed by atoms with Crippen LogP contribution in [0, 0.1) is 0 Å². The van der Waals surface area contributed by atoms with Gasteiger partial charge in [0, 0.05) is 0 Å². The first kappa shape index (κ1) is 13.0. The molecule has 1 N–H and O–H groups in total. The summed E-state index contributed by atoms with van der Waals surface area (Å²) in [6.45, 7) is -0.497. The van der Waals surface area contributed by atoms with Gasteiger partial charge in [0.15, 0.2) is 0 Å². The molecule has 0 unspecified atom stereocenters. The molecule has 0 aromatic carbocycles. The van der Waals surface area contributed by atoms with Crippen LogP contribution in [0.25, 0.3) is 0 Å². The Kier molecular flexibility index (Phi) is 3.11. The highest BCUT2D eigenvalue weighted by Gasteiger charge is 2.54. The quantitative estimate of drug-likeness (QED) is 0.535. The van der Waals surface area contributed by atoms with Crippen molar-refractivity contribution in [1.29, 1.82) is 0 Å². The van der Waals surface area contributed by atoms with Crippen LogP contribution >= 0.6 is 0 Å². The molecule has 0 amide bonds. The fourth-order valence-electron chi connectivity index (χ4n) is 1.74. The van der Waals surface area contributed by atoms with Crippen molar-refractivity contribution in [3.8, 4) is 0 Å². The Morgan fingerprint density at radius 2 is 1.76 bits per heavy atom. The topological polar surface area (TPSA) is 82.1 Å². The van der Waals surface area contributed by atoms with Gasteiger partial charge in [-0.25, -0.2) is 0 Å². The summed E-state index contributed by atoms with van der Waals surface area (Å²) < 4.78 is 71.6. The highest BCUT2D eigenvalue weighted by molar-refractivity contribution is 7.87. The average Bonchev–Trinajstić information content (AvgIpc) is 2.70. The van der Waals surface area contributed by atoms with Crippen LogP contribution in [0.1, 0.15) is 0 Å². The molecule has 2 saturated heterocycles. The smallest absolute Gasteiger partial charge is 0.388 e. The van der Waals surface area contributed by atoms with Crippen molar-refractivity contribution in [3.63, 3.8) is 0 Å². The number of fused-ring (bicyclic) bond motifs is 1. The van der Waals surface area contributed by atoms with Crippen LogP contribution in [-0.4, -0.2) is 56.7 Å². The molecule has 17 heavy (non-hydrogen) atoms. The summed E-state index contributed by atoms with van der Waals surface area (Å²) in [6.07, 6.45) is -4.21. The van der Waals surface area contributed by atoms with Crippen molar-refractivity contribution < 1.29 is 40.4 Å². The minimum Gasteiger partial charge on any atom is -0.388 e. The van der Waals surface area contributed by atoms with Gasteiger partial charge in [-0.1, -0.05) is 0 Å². The molecule has 0 bridgehead atoms. The van der Waals surface area contributed by atoms with Gasteiger partial charge in [0.2, 0.25) is 0 Å². The second-order valence-electron chi connectivity index (χ2n) is 3.70. The number of aliphatic hydroxyl groups excluding tert-OH is 1. The fourth-order valence-corrected chi connectivity index (χ4v) is 2.34. The summed E-state index contributed by atoms with van der Waals surface area (Å²) in [5, 5.41) is 9.30. The van der Waals surface area contributed by atoms with Gasteiger partial charge in [-0.15, -0.1) is 0 Å². The minimum atomic E-state index is -5.68. The molecular formula is C7H9F3O6S. The normalized spacial score (nSPS) is 38.4. The van der Waals surface area contributed by atoms with Crippen LogP contribution < -0.4 is 0 Å². The Balaban J connectivity index is 2.07. The predicted molar refractivity (Wildman–Crippen MR) is 45.3 cm³/mol. The van der Waals surface area contributed by atoms with Crippen LogP contribution in [0.3, 0.4) is 0 Å². The lowest BCUT2D eigenvalue weighted by molar-refractivity contribution is -0.0629. The molecule has 0 aromatic heterocycles. The summed E-state index contributed by atoms with van der Waals surface area (Å²) in [7, 11) is -5.68. The van der Waals surface area contributed by atoms with Gasteiger partial charge < -0.3 is 14.6 Å². The molecule has 0 aromatic rings. The van der Waals surface area contributed by atoms with E-state index in [1.807, 2.05) is 0 Å². The first-order valence-corrected chi connectivity index (χ1v) is 6.04. The number of hydrogen-bond acceptors (Lipinski definition) is 6. The second-order valence-corrected chi connectivity index (χ2v) is 5.26. The zero-order chi connectivity index (χ0) is 12.8. The highest BCUT2D eigenvalue weighted by atomic mass is 32.2. The van der Waals surface area contributed by atoms with Crippen molar-refractivity contribution in [2.45, 2.75) is 29.9 Å². The Morgan fingerprint density at radius 1 is 1.18 bits per heavy atom. The van der Waals surface area contributed by atoms with Gasteiger partial charge in [0.1, 0.15) is 24.4 Å². The van der Waals surface area contributed by atoms with E-state index < -0.39 is 40.0 Å². The molecule has 0 radical (unpaired) electrons. The molecule has 6 nitrogen and oxygen atoms in total. The average molecular weight is 278 g/mol. The number of halogens is 3. The molecule has 0 saturated carbocycles. The van der Waals surface area contributed by atoms with Gasteiger partial charge in [-0.2, -0.15) is 21.6 Å². The first-order chi connectivity index (χ1) is 7.72. The number of rotatable bonds is 2. The maximum atomic E-state index is 12.1. The Labute approximate surface area is 94.4 Å². The first-order valence-electron chi connectivity index (χ1n) is 4.63. The Morgan fingerprint density at radius 3 is 2.35 bits per heavy atom. The predicted octanol–water partition coefficient (Wildman–Crippen LogP) is -0.620. The van der Waals surface area contributed by atoms with Crippen molar-refractivity contribution in [1.82, 2.24) is 0 Å². The second kappa shape index (κ2) is 4.05. The van der Waals surface area contributed by atoms with E-state index in [-0.39, 0.29) is 13.2 Å². The zero-order valence-corrected chi connectivity index (χ0v) is 9.07. The third kappa shape index (κ3) is 2.27. The van der Waals surface area contributed by atoms with Crippen LogP contribution in [0.4, 0.5) is 13.2 Å². The molecule has 0 aliphatic carbocycles. The zero-order valence-electron chi connectivity index (χ0n) is 8.25. The lowest BCUT2D eigenvalue weighted by Gasteiger charge is -2.17. The molecular weight excluding hydrogens is 269 g/mol. The molecule has 2 heterocycles. The highest BCUT2D eigenvalue weighted by Crippen LogP contribution is 2.33. The monoisotopic (exact) mass is 278 g/mol. The van der Waals surface area contributed by atoms with Crippen LogP contribution in [0.15, 0.2) is 0 Å². The number of ether oxygens (including phenoxy) is 2.